The van der Waals surface area contributed by atoms with Crippen LogP contribution in [0.1, 0.15) is 21.6 Å². The molecule has 6 nitrogen and oxygen atoms in total. The Balaban J connectivity index is 1.67. The van der Waals surface area contributed by atoms with Crippen LogP contribution in [0.3, 0.4) is 0 Å². The van der Waals surface area contributed by atoms with E-state index in [4.69, 9.17) is 15.9 Å². The average molecular weight is 449 g/mol. The minimum absolute atomic E-state index is 0.0140. The van der Waals surface area contributed by atoms with E-state index in [-0.39, 0.29) is 11.7 Å². The highest BCUT2D eigenvalue weighted by molar-refractivity contribution is 6.02. The summed E-state index contributed by atoms with van der Waals surface area (Å²) < 4.78 is 8.12. The number of rotatable bonds is 6. The molecule has 0 radical (unpaired) electrons. The number of aromatic nitrogens is 1. The first-order valence-electron chi connectivity index (χ1n) is 11.0. The van der Waals surface area contributed by atoms with Crippen LogP contribution in [0.2, 0.25) is 0 Å². The highest BCUT2D eigenvalue weighted by atomic mass is 16.5. The zero-order valence-corrected chi connectivity index (χ0v) is 18.7. The smallest absolute Gasteiger partial charge is 0.267 e. The van der Waals surface area contributed by atoms with Crippen molar-refractivity contribution in [1.29, 1.82) is 5.41 Å². The van der Waals surface area contributed by atoms with Gasteiger partial charge in [-0.05, 0) is 52.7 Å². The summed E-state index contributed by atoms with van der Waals surface area (Å²) in [6, 6.07) is 29.2. The Labute approximate surface area is 197 Å². The van der Waals surface area contributed by atoms with Crippen molar-refractivity contribution < 1.29 is 9.53 Å². The molecule has 168 valence electrons. The van der Waals surface area contributed by atoms with Gasteiger partial charge in [0.15, 0.2) is 0 Å². The van der Waals surface area contributed by atoms with E-state index in [9.17, 15) is 4.79 Å². The molecule has 0 unspecified atom stereocenters. The third-order valence-electron chi connectivity index (χ3n) is 5.90. The molecule has 1 heterocycles. The summed E-state index contributed by atoms with van der Waals surface area (Å²) >= 11 is 0. The molecule has 0 aliphatic heterocycles. The molecule has 4 N–H and O–H groups in total. The van der Waals surface area contributed by atoms with Gasteiger partial charge in [0.2, 0.25) is 0 Å². The lowest BCUT2D eigenvalue weighted by Gasteiger charge is -2.15. The molecule has 0 saturated carbocycles. The van der Waals surface area contributed by atoms with E-state index in [2.05, 4.69) is 17.4 Å². The van der Waals surface area contributed by atoms with Crippen molar-refractivity contribution >= 4 is 33.4 Å². The van der Waals surface area contributed by atoms with E-state index in [0.717, 1.165) is 38.7 Å². The molecule has 0 aliphatic carbocycles. The van der Waals surface area contributed by atoms with E-state index in [1.807, 2.05) is 77.4 Å². The largest absolute Gasteiger partial charge is 0.457 e. The molecule has 0 aliphatic rings. The molecule has 0 saturated heterocycles. The summed E-state index contributed by atoms with van der Waals surface area (Å²) in [6.45, 7) is 0.445. The number of ether oxygens (including phenoxy) is 1. The average Bonchev–Trinajstić information content (AvgIpc) is 3.21. The molecule has 1 amide bonds. The number of hydrogen-bond donors (Lipinski definition) is 3. The highest BCUT2D eigenvalue weighted by Crippen LogP contribution is 2.31. The van der Waals surface area contributed by atoms with Crippen molar-refractivity contribution in [3.8, 4) is 11.5 Å². The van der Waals surface area contributed by atoms with Gasteiger partial charge in [-0.25, -0.2) is 0 Å². The first-order valence-corrected chi connectivity index (χ1v) is 11.0. The van der Waals surface area contributed by atoms with Gasteiger partial charge in [-0.1, -0.05) is 54.6 Å². The van der Waals surface area contributed by atoms with Crippen LogP contribution >= 0.6 is 0 Å². The molecule has 1 aromatic heterocycles. The minimum Gasteiger partial charge on any atom is -0.457 e. The van der Waals surface area contributed by atoms with E-state index in [1.165, 1.54) is 0 Å². The lowest BCUT2D eigenvalue weighted by atomic mass is 10.0. The van der Waals surface area contributed by atoms with Crippen LogP contribution in [0.4, 0.5) is 0 Å². The summed E-state index contributed by atoms with van der Waals surface area (Å²) in [7, 11) is 1.62. The molecule has 34 heavy (non-hydrogen) atoms. The Morgan fingerprint density at radius 1 is 0.912 bits per heavy atom. The number of carbonyl (C=O) groups excluding carboxylic acids is 1. The Hall–Kier alpha value is -4.58. The van der Waals surface area contributed by atoms with E-state index in [0.29, 0.717) is 17.8 Å². The molecule has 0 spiro atoms. The number of carbonyl (C=O) groups is 1. The number of amides is 1. The van der Waals surface area contributed by atoms with Gasteiger partial charge in [-0.2, -0.15) is 0 Å². The minimum atomic E-state index is -0.179. The Morgan fingerprint density at radius 2 is 1.68 bits per heavy atom. The van der Waals surface area contributed by atoms with Crippen LogP contribution < -0.4 is 15.8 Å². The molecular weight excluding hydrogens is 424 g/mol. The zero-order chi connectivity index (χ0) is 23.7. The van der Waals surface area contributed by atoms with E-state index < -0.39 is 0 Å². The van der Waals surface area contributed by atoms with Gasteiger partial charge in [-0.15, -0.1) is 0 Å². The predicted octanol–water partition coefficient (Wildman–Crippen LogP) is 5.28. The van der Waals surface area contributed by atoms with E-state index in [1.54, 1.807) is 13.1 Å². The lowest BCUT2D eigenvalue weighted by molar-refractivity contribution is 0.0955. The summed E-state index contributed by atoms with van der Waals surface area (Å²) in [4.78, 5) is 12.8. The second-order valence-electron chi connectivity index (χ2n) is 8.10. The van der Waals surface area contributed by atoms with Gasteiger partial charge < -0.3 is 20.4 Å². The first kappa shape index (κ1) is 21.3. The number of amidine groups is 1. The van der Waals surface area contributed by atoms with Crippen LogP contribution in [0.5, 0.6) is 11.5 Å². The van der Waals surface area contributed by atoms with Crippen LogP contribution in [-0.2, 0) is 6.54 Å². The third-order valence-corrected chi connectivity index (χ3v) is 5.90. The quantitative estimate of drug-likeness (QED) is 0.244. The molecule has 6 heteroatoms. The number of para-hydroxylation sites is 1. The van der Waals surface area contributed by atoms with Crippen molar-refractivity contribution in [1.82, 2.24) is 9.88 Å². The number of nitrogens with zero attached hydrogens (tertiary/aromatic N) is 1. The normalized spacial score (nSPS) is 11.0. The van der Waals surface area contributed by atoms with Crippen LogP contribution in [0, 0.1) is 5.41 Å². The lowest BCUT2D eigenvalue weighted by Crippen LogP contribution is -2.22. The second-order valence-corrected chi connectivity index (χ2v) is 8.10. The van der Waals surface area contributed by atoms with Gasteiger partial charge in [0, 0.05) is 30.1 Å². The standard InChI is InChI=1S/C28H24N4O2/c1-31-28(33)26-15-19-11-12-20(27(29)30)16-25(19)32(26)17-21-14-23(34-22-8-3-2-4-9-22)13-18-7-5-6-10-24(18)21/h2-16H,17H2,1H3,(H3,29,30)(H,31,33). The number of nitrogen functional groups attached to an aromatic ring is 1. The van der Waals surface area contributed by atoms with Crippen LogP contribution in [0.15, 0.2) is 91.0 Å². The topological polar surface area (TPSA) is 93.1 Å². The summed E-state index contributed by atoms with van der Waals surface area (Å²) in [5.41, 5.74) is 8.75. The Morgan fingerprint density at radius 3 is 2.44 bits per heavy atom. The Kier molecular flexibility index (Phi) is 5.47. The van der Waals surface area contributed by atoms with Crippen molar-refractivity contribution in [3.05, 3.63) is 108 Å². The summed E-state index contributed by atoms with van der Waals surface area (Å²) in [6.07, 6.45) is 0. The number of nitrogens with two attached hydrogens (primary N) is 1. The number of fused-ring (bicyclic) bond motifs is 2. The van der Waals surface area contributed by atoms with Gasteiger partial charge >= 0.3 is 0 Å². The number of benzene rings is 4. The fraction of sp³-hybridized carbons (Fsp3) is 0.0714. The number of nitrogens with one attached hydrogen (secondary N) is 2. The fourth-order valence-electron chi connectivity index (χ4n) is 4.25. The predicted molar refractivity (Wildman–Crippen MR) is 136 cm³/mol. The maximum Gasteiger partial charge on any atom is 0.267 e. The Bertz CT molecular complexity index is 1540. The van der Waals surface area contributed by atoms with Crippen LogP contribution in [-0.4, -0.2) is 23.4 Å². The van der Waals surface area contributed by atoms with Crippen molar-refractivity contribution in [2.24, 2.45) is 5.73 Å². The van der Waals surface area contributed by atoms with E-state index >= 15 is 0 Å². The molecule has 0 fully saturated rings. The maximum atomic E-state index is 12.8. The van der Waals surface area contributed by atoms with Gasteiger partial charge in [0.05, 0.1) is 0 Å². The monoisotopic (exact) mass is 448 g/mol. The molecule has 0 bridgehead atoms. The maximum absolute atomic E-state index is 12.8. The van der Waals surface area contributed by atoms with Gasteiger partial charge in [-0.3, -0.25) is 10.2 Å². The summed E-state index contributed by atoms with van der Waals surface area (Å²) in [5, 5.41) is 13.6. The highest BCUT2D eigenvalue weighted by Gasteiger charge is 2.17. The first-order chi connectivity index (χ1) is 16.5. The molecule has 0 atom stereocenters. The zero-order valence-electron chi connectivity index (χ0n) is 18.7. The van der Waals surface area contributed by atoms with Crippen LogP contribution in [0.25, 0.3) is 21.7 Å². The third kappa shape index (κ3) is 3.97. The van der Waals surface area contributed by atoms with Crippen molar-refractivity contribution in [3.63, 3.8) is 0 Å². The van der Waals surface area contributed by atoms with Gasteiger partial charge in [0.1, 0.15) is 23.0 Å². The van der Waals surface area contributed by atoms with Crippen molar-refractivity contribution in [2.45, 2.75) is 6.54 Å². The fourth-order valence-corrected chi connectivity index (χ4v) is 4.25. The second kappa shape index (κ2) is 8.75. The molecule has 4 aromatic carbocycles. The SMILES string of the molecule is CNC(=O)c1cc2ccc(C(=N)N)cc2n1Cc1cc(Oc2ccccc2)cc2ccccc12. The summed E-state index contributed by atoms with van der Waals surface area (Å²) in [5.74, 6) is 1.29. The van der Waals surface area contributed by atoms with Crippen molar-refractivity contribution in [2.75, 3.05) is 7.05 Å². The van der Waals surface area contributed by atoms with Gasteiger partial charge in [0.25, 0.3) is 5.91 Å². The number of hydrogen-bond acceptors (Lipinski definition) is 3. The molecule has 5 rings (SSSR count). The molecular formula is C28H24N4O2. The molecule has 5 aromatic rings.